The smallest absolute Gasteiger partial charge is 0.348 e. The molecule has 0 radical (unpaired) electrons. The molecule has 0 saturated carbocycles. The fraction of sp³-hybridized carbons (Fsp3) is 0.333. The minimum Gasteiger partial charge on any atom is -0.348 e. The first-order chi connectivity index (χ1) is 11.7. The largest absolute Gasteiger partial charge is 0.451 e. The van der Waals surface area contributed by atoms with Crippen LogP contribution in [-0.4, -0.2) is 27.1 Å². The van der Waals surface area contributed by atoms with Crippen LogP contribution in [-0.2, 0) is 11.0 Å². The number of anilines is 2. The van der Waals surface area contributed by atoms with Gasteiger partial charge in [-0.3, -0.25) is 10.1 Å². The van der Waals surface area contributed by atoms with E-state index in [1.54, 1.807) is 18.7 Å². The zero-order chi connectivity index (χ0) is 18.6. The Morgan fingerprint density at radius 1 is 1.12 bits per heavy atom. The Hall–Kier alpha value is -2.36. The quantitative estimate of drug-likeness (QED) is 0.780. The van der Waals surface area contributed by atoms with Crippen LogP contribution >= 0.6 is 11.8 Å². The number of nitrogens with zero attached hydrogens (tertiary/aromatic N) is 3. The Morgan fingerprint density at radius 2 is 1.72 bits per heavy atom. The van der Waals surface area contributed by atoms with Crippen molar-refractivity contribution in [3.63, 3.8) is 0 Å². The van der Waals surface area contributed by atoms with Gasteiger partial charge in [0.1, 0.15) is 0 Å². The van der Waals surface area contributed by atoms with Crippen molar-refractivity contribution in [1.82, 2.24) is 15.0 Å². The van der Waals surface area contributed by atoms with Crippen LogP contribution in [0.2, 0.25) is 0 Å². The van der Waals surface area contributed by atoms with E-state index < -0.39 is 23.9 Å². The van der Waals surface area contributed by atoms with Gasteiger partial charge in [-0.2, -0.15) is 28.1 Å². The van der Waals surface area contributed by atoms with Crippen LogP contribution in [0.25, 0.3) is 0 Å². The van der Waals surface area contributed by atoms with Gasteiger partial charge in [0.05, 0.1) is 6.04 Å². The summed E-state index contributed by atoms with van der Waals surface area (Å²) in [5.41, 5.74) is 0.854. The minimum absolute atomic E-state index is 0.271. The zero-order valence-electron chi connectivity index (χ0n) is 13.7. The van der Waals surface area contributed by atoms with Gasteiger partial charge in [-0.1, -0.05) is 12.1 Å². The van der Waals surface area contributed by atoms with Gasteiger partial charge in [0, 0.05) is 11.8 Å². The minimum atomic E-state index is -4.75. The standard InChI is InChI=1S/C15H16F3N5OS/c1-8(10-4-6-11(25-3)7-5-10)19-13-21-12(15(16,17)18)22-14(23-13)20-9(2)24/h4-8H,1-3H3,(H2,19,20,21,22,23,24). The average molecular weight is 371 g/mol. The summed E-state index contributed by atoms with van der Waals surface area (Å²) >= 11 is 1.59. The van der Waals surface area contributed by atoms with Gasteiger partial charge >= 0.3 is 6.18 Å². The Balaban J connectivity index is 2.28. The van der Waals surface area contributed by atoms with E-state index in [4.69, 9.17) is 0 Å². The summed E-state index contributed by atoms with van der Waals surface area (Å²) < 4.78 is 38.8. The predicted molar refractivity (Wildman–Crippen MR) is 89.4 cm³/mol. The highest BCUT2D eigenvalue weighted by Gasteiger charge is 2.36. The topological polar surface area (TPSA) is 79.8 Å². The van der Waals surface area contributed by atoms with E-state index in [0.717, 1.165) is 17.4 Å². The molecule has 1 unspecified atom stereocenters. The van der Waals surface area contributed by atoms with Crippen molar-refractivity contribution in [2.24, 2.45) is 0 Å². The maximum absolute atomic E-state index is 12.9. The molecule has 2 rings (SSSR count). The molecule has 0 bridgehead atoms. The first kappa shape index (κ1) is 19.0. The third kappa shape index (κ3) is 5.31. The number of thioether (sulfide) groups is 1. The number of carbonyl (C=O) groups excluding carboxylic acids is 1. The van der Waals surface area contributed by atoms with Crippen LogP contribution in [0.1, 0.15) is 31.3 Å². The number of halogens is 3. The highest BCUT2D eigenvalue weighted by molar-refractivity contribution is 7.98. The fourth-order valence-electron chi connectivity index (χ4n) is 1.95. The van der Waals surface area contributed by atoms with E-state index >= 15 is 0 Å². The molecule has 0 aliphatic heterocycles. The molecule has 25 heavy (non-hydrogen) atoms. The molecular formula is C15H16F3N5OS. The van der Waals surface area contributed by atoms with E-state index in [1.165, 1.54) is 0 Å². The molecule has 0 spiro atoms. The van der Waals surface area contributed by atoms with E-state index in [9.17, 15) is 18.0 Å². The van der Waals surface area contributed by atoms with Crippen molar-refractivity contribution < 1.29 is 18.0 Å². The number of rotatable bonds is 5. The fourth-order valence-corrected chi connectivity index (χ4v) is 2.36. The molecule has 6 nitrogen and oxygen atoms in total. The zero-order valence-corrected chi connectivity index (χ0v) is 14.5. The summed E-state index contributed by atoms with van der Waals surface area (Å²) in [6, 6.07) is 7.21. The second-order valence-electron chi connectivity index (χ2n) is 5.12. The summed E-state index contributed by atoms with van der Waals surface area (Å²) in [4.78, 5) is 22.6. The summed E-state index contributed by atoms with van der Waals surface area (Å²) in [7, 11) is 0. The van der Waals surface area contributed by atoms with Gasteiger partial charge in [-0.25, -0.2) is 0 Å². The van der Waals surface area contributed by atoms with Gasteiger partial charge < -0.3 is 5.32 Å². The second-order valence-corrected chi connectivity index (χ2v) is 6.00. The van der Waals surface area contributed by atoms with Crippen LogP contribution in [0, 0.1) is 0 Å². The second kappa shape index (κ2) is 7.68. The lowest BCUT2D eigenvalue weighted by atomic mass is 10.1. The summed E-state index contributed by atoms with van der Waals surface area (Å²) in [6.45, 7) is 2.92. The molecule has 1 aromatic carbocycles. The van der Waals surface area contributed by atoms with Gasteiger partial charge in [-0.05, 0) is 30.9 Å². The van der Waals surface area contributed by atoms with E-state index in [2.05, 4.69) is 25.6 Å². The third-order valence-corrected chi connectivity index (χ3v) is 3.88. The number of hydrogen-bond donors (Lipinski definition) is 2. The van der Waals surface area contributed by atoms with Crippen LogP contribution < -0.4 is 10.6 Å². The molecule has 0 saturated heterocycles. The molecule has 0 aliphatic carbocycles. The number of alkyl halides is 3. The molecule has 0 fully saturated rings. The number of aromatic nitrogens is 3. The van der Waals surface area contributed by atoms with Gasteiger partial charge in [0.2, 0.25) is 23.6 Å². The number of nitrogens with one attached hydrogen (secondary N) is 2. The molecule has 1 amide bonds. The van der Waals surface area contributed by atoms with Crippen LogP contribution in [0.4, 0.5) is 25.1 Å². The summed E-state index contributed by atoms with van der Waals surface area (Å²) in [5, 5.41) is 4.94. The van der Waals surface area contributed by atoms with Crippen molar-refractivity contribution in [3.8, 4) is 0 Å². The molecular weight excluding hydrogens is 355 g/mol. The maximum atomic E-state index is 12.9. The van der Waals surface area contributed by atoms with Gasteiger partial charge in [0.25, 0.3) is 0 Å². The average Bonchev–Trinajstić information content (AvgIpc) is 2.53. The monoisotopic (exact) mass is 371 g/mol. The summed E-state index contributed by atoms with van der Waals surface area (Å²) in [6.07, 6.45) is -2.81. The number of hydrogen-bond acceptors (Lipinski definition) is 6. The third-order valence-electron chi connectivity index (χ3n) is 3.14. The maximum Gasteiger partial charge on any atom is 0.451 e. The Kier molecular flexibility index (Phi) is 5.83. The number of benzene rings is 1. The first-order valence-corrected chi connectivity index (χ1v) is 8.43. The molecule has 1 heterocycles. The van der Waals surface area contributed by atoms with Crippen LogP contribution in [0.3, 0.4) is 0 Å². The van der Waals surface area contributed by atoms with Crippen molar-refractivity contribution in [2.75, 3.05) is 16.9 Å². The lowest BCUT2D eigenvalue weighted by Crippen LogP contribution is -2.19. The van der Waals surface area contributed by atoms with Gasteiger partial charge in [0.15, 0.2) is 0 Å². The highest BCUT2D eigenvalue weighted by Crippen LogP contribution is 2.28. The van der Waals surface area contributed by atoms with E-state index in [1.807, 2.05) is 30.5 Å². The van der Waals surface area contributed by atoms with Crippen LogP contribution in [0.5, 0.6) is 0 Å². The van der Waals surface area contributed by atoms with Crippen molar-refractivity contribution >= 4 is 29.6 Å². The Morgan fingerprint density at radius 3 is 2.24 bits per heavy atom. The molecule has 1 atom stereocenters. The van der Waals surface area contributed by atoms with Crippen molar-refractivity contribution in [3.05, 3.63) is 35.7 Å². The summed E-state index contributed by atoms with van der Waals surface area (Å²) in [5.74, 6) is -2.68. The number of carbonyl (C=O) groups is 1. The molecule has 2 aromatic rings. The van der Waals surface area contributed by atoms with Crippen molar-refractivity contribution in [2.45, 2.75) is 31.0 Å². The van der Waals surface area contributed by atoms with Crippen LogP contribution in [0.15, 0.2) is 29.2 Å². The highest BCUT2D eigenvalue weighted by atomic mass is 32.2. The SMILES string of the molecule is CSc1ccc(C(C)Nc2nc(NC(C)=O)nc(C(F)(F)F)n2)cc1. The lowest BCUT2D eigenvalue weighted by Gasteiger charge is -2.16. The van der Waals surface area contributed by atoms with E-state index in [-0.39, 0.29) is 12.0 Å². The Bertz CT molecular complexity index is 752. The molecule has 0 aliphatic rings. The predicted octanol–water partition coefficient (Wildman–Crippen LogP) is 3.74. The first-order valence-electron chi connectivity index (χ1n) is 7.20. The molecule has 1 aromatic heterocycles. The van der Waals surface area contributed by atoms with Gasteiger partial charge in [-0.15, -0.1) is 11.8 Å². The molecule has 2 N–H and O–H groups in total. The number of amides is 1. The lowest BCUT2D eigenvalue weighted by molar-refractivity contribution is -0.145. The molecule has 10 heteroatoms. The Labute approximate surface area is 146 Å². The van der Waals surface area contributed by atoms with Crippen molar-refractivity contribution in [1.29, 1.82) is 0 Å². The van der Waals surface area contributed by atoms with E-state index in [0.29, 0.717) is 0 Å². The molecule has 134 valence electrons. The normalized spacial score (nSPS) is 12.6.